The summed E-state index contributed by atoms with van der Waals surface area (Å²) in [7, 11) is 1.35. The van der Waals surface area contributed by atoms with Gasteiger partial charge in [0.2, 0.25) is 0 Å². The lowest BCUT2D eigenvalue weighted by Crippen LogP contribution is -2.31. The molecule has 0 aliphatic carbocycles. The van der Waals surface area contributed by atoms with E-state index in [1.807, 2.05) is 0 Å². The third kappa shape index (κ3) is 8.34. The molecule has 13 heavy (non-hydrogen) atoms. The van der Waals surface area contributed by atoms with Gasteiger partial charge in [0.1, 0.15) is 6.04 Å². The summed E-state index contributed by atoms with van der Waals surface area (Å²) >= 11 is 5.48. The highest BCUT2D eigenvalue weighted by atomic mass is 35.5. The van der Waals surface area contributed by atoms with Gasteiger partial charge in [-0.3, -0.25) is 4.79 Å². The fourth-order valence-electron chi connectivity index (χ4n) is 0.905. The zero-order valence-electron chi connectivity index (χ0n) is 7.79. The summed E-state index contributed by atoms with van der Waals surface area (Å²) in [6.07, 6.45) is 3.62. The summed E-state index contributed by atoms with van der Waals surface area (Å²) in [5.74, 6) is 0.342. The van der Waals surface area contributed by atoms with Crippen molar-refractivity contribution in [1.29, 1.82) is 0 Å². The zero-order chi connectivity index (χ0) is 9.40. The molecule has 0 saturated heterocycles. The number of hydrogen-bond donors (Lipinski definition) is 1. The van der Waals surface area contributed by atoms with Crippen LogP contribution in [0.1, 0.15) is 25.7 Å². The monoisotopic (exact) mass is 229 g/mol. The van der Waals surface area contributed by atoms with Crippen LogP contribution in [0.4, 0.5) is 0 Å². The Hall–Kier alpha value is 0.01000. The molecule has 0 aromatic carbocycles. The lowest BCUT2D eigenvalue weighted by Gasteiger charge is -2.07. The Balaban J connectivity index is 0. The van der Waals surface area contributed by atoms with E-state index < -0.39 is 6.04 Å². The van der Waals surface area contributed by atoms with Gasteiger partial charge in [-0.1, -0.05) is 12.8 Å². The molecule has 0 aromatic rings. The van der Waals surface area contributed by atoms with Crippen LogP contribution >= 0.6 is 24.0 Å². The summed E-state index contributed by atoms with van der Waals surface area (Å²) in [4.78, 5) is 10.8. The van der Waals surface area contributed by atoms with E-state index in [0.717, 1.165) is 19.3 Å². The molecule has 0 heterocycles. The molecule has 2 N–H and O–H groups in total. The average molecular weight is 230 g/mol. The predicted molar refractivity (Wildman–Crippen MR) is 56.4 cm³/mol. The number of ether oxygens (including phenoxy) is 1. The van der Waals surface area contributed by atoms with Gasteiger partial charge in [-0.2, -0.15) is 0 Å². The Morgan fingerprint density at radius 3 is 2.54 bits per heavy atom. The number of methoxy groups -OCH3 is 1. The molecule has 0 rings (SSSR count). The van der Waals surface area contributed by atoms with E-state index in [4.69, 9.17) is 17.3 Å². The van der Waals surface area contributed by atoms with Crippen LogP contribution in [0.25, 0.3) is 0 Å². The molecule has 0 aliphatic heterocycles. The molecule has 0 aromatic heterocycles. The SMILES string of the molecule is COC(=O)C(N)CCCCCCl.Cl. The Labute approximate surface area is 90.4 Å². The second-order valence-electron chi connectivity index (χ2n) is 2.67. The van der Waals surface area contributed by atoms with Crippen LogP contribution < -0.4 is 5.73 Å². The molecule has 3 nitrogen and oxygen atoms in total. The lowest BCUT2D eigenvalue weighted by atomic mass is 10.1. The van der Waals surface area contributed by atoms with Crippen LogP contribution in [0.5, 0.6) is 0 Å². The van der Waals surface area contributed by atoms with Gasteiger partial charge in [0.15, 0.2) is 0 Å². The van der Waals surface area contributed by atoms with Crippen molar-refractivity contribution in [2.45, 2.75) is 31.7 Å². The number of carbonyl (C=O) groups is 1. The lowest BCUT2D eigenvalue weighted by molar-refractivity contribution is -0.142. The van der Waals surface area contributed by atoms with Crippen molar-refractivity contribution in [3.8, 4) is 0 Å². The van der Waals surface area contributed by atoms with Gasteiger partial charge in [-0.25, -0.2) is 0 Å². The molecule has 1 unspecified atom stereocenters. The largest absolute Gasteiger partial charge is 0.468 e. The van der Waals surface area contributed by atoms with Gasteiger partial charge in [0.25, 0.3) is 0 Å². The summed E-state index contributed by atoms with van der Waals surface area (Å²) in [5, 5.41) is 0. The normalized spacial score (nSPS) is 11.6. The predicted octanol–water partition coefficient (Wildman–Crippen LogP) is 1.71. The highest BCUT2D eigenvalue weighted by Gasteiger charge is 2.11. The first-order valence-corrected chi connectivity index (χ1v) is 4.65. The fourth-order valence-corrected chi connectivity index (χ4v) is 1.09. The first-order chi connectivity index (χ1) is 5.72. The van der Waals surface area contributed by atoms with Crippen LogP contribution in [0.3, 0.4) is 0 Å². The van der Waals surface area contributed by atoms with Crippen molar-refractivity contribution in [2.24, 2.45) is 5.73 Å². The zero-order valence-corrected chi connectivity index (χ0v) is 9.37. The number of unbranched alkanes of at least 4 members (excludes halogenated alkanes) is 2. The molecule has 0 bridgehead atoms. The summed E-state index contributed by atoms with van der Waals surface area (Å²) in [5.41, 5.74) is 5.50. The number of alkyl halides is 1. The minimum absolute atomic E-state index is 0. The quantitative estimate of drug-likeness (QED) is 0.429. The molecule has 0 radical (unpaired) electrons. The Morgan fingerprint density at radius 2 is 2.08 bits per heavy atom. The van der Waals surface area contributed by atoms with E-state index in [9.17, 15) is 4.79 Å². The van der Waals surface area contributed by atoms with Crippen LogP contribution in [0.2, 0.25) is 0 Å². The van der Waals surface area contributed by atoms with Gasteiger partial charge in [-0.15, -0.1) is 24.0 Å². The van der Waals surface area contributed by atoms with Crippen LogP contribution in [0.15, 0.2) is 0 Å². The molecule has 5 heteroatoms. The van der Waals surface area contributed by atoms with Gasteiger partial charge < -0.3 is 10.5 Å². The highest BCUT2D eigenvalue weighted by molar-refractivity contribution is 6.17. The number of nitrogens with two attached hydrogens (primary N) is 1. The first-order valence-electron chi connectivity index (χ1n) is 4.11. The number of halogens is 2. The maximum absolute atomic E-state index is 10.8. The molecule has 1 atom stereocenters. The van der Waals surface area contributed by atoms with Crippen molar-refractivity contribution < 1.29 is 9.53 Å². The second kappa shape index (κ2) is 10.1. The van der Waals surface area contributed by atoms with E-state index in [1.165, 1.54) is 7.11 Å². The average Bonchev–Trinajstić information content (AvgIpc) is 2.10. The molecule has 0 fully saturated rings. The van der Waals surface area contributed by atoms with E-state index >= 15 is 0 Å². The van der Waals surface area contributed by atoms with Crippen molar-refractivity contribution in [1.82, 2.24) is 0 Å². The Morgan fingerprint density at radius 1 is 1.46 bits per heavy atom. The van der Waals surface area contributed by atoms with Crippen LogP contribution in [0, 0.1) is 0 Å². The first kappa shape index (κ1) is 15.5. The van der Waals surface area contributed by atoms with Gasteiger partial charge in [-0.05, 0) is 12.8 Å². The molecular formula is C8H17Cl2NO2. The summed E-state index contributed by atoms with van der Waals surface area (Å²) < 4.78 is 4.48. The Kier molecular flexibility index (Phi) is 12.0. The van der Waals surface area contributed by atoms with E-state index in [2.05, 4.69) is 4.74 Å². The number of carbonyl (C=O) groups excluding carboxylic acids is 1. The van der Waals surface area contributed by atoms with Crippen molar-refractivity contribution in [3.63, 3.8) is 0 Å². The summed E-state index contributed by atoms with van der Waals surface area (Å²) in [6.45, 7) is 0. The van der Waals surface area contributed by atoms with Crippen LogP contribution in [-0.4, -0.2) is 25.0 Å². The molecule has 0 amide bonds. The number of esters is 1. The third-order valence-electron chi connectivity index (χ3n) is 1.65. The van der Waals surface area contributed by atoms with Crippen molar-refractivity contribution >= 4 is 30.0 Å². The maximum Gasteiger partial charge on any atom is 0.322 e. The van der Waals surface area contributed by atoms with E-state index in [0.29, 0.717) is 12.3 Å². The second-order valence-corrected chi connectivity index (χ2v) is 3.05. The molecule has 0 spiro atoms. The highest BCUT2D eigenvalue weighted by Crippen LogP contribution is 2.03. The fraction of sp³-hybridized carbons (Fsp3) is 0.875. The van der Waals surface area contributed by atoms with Crippen LogP contribution in [-0.2, 0) is 9.53 Å². The number of hydrogen-bond acceptors (Lipinski definition) is 3. The van der Waals surface area contributed by atoms with E-state index in [1.54, 1.807) is 0 Å². The third-order valence-corrected chi connectivity index (χ3v) is 1.92. The van der Waals surface area contributed by atoms with Gasteiger partial charge in [0.05, 0.1) is 7.11 Å². The maximum atomic E-state index is 10.8. The minimum atomic E-state index is -0.467. The topological polar surface area (TPSA) is 52.3 Å². The minimum Gasteiger partial charge on any atom is -0.468 e. The van der Waals surface area contributed by atoms with Crippen molar-refractivity contribution in [3.05, 3.63) is 0 Å². The molecule has 80 valence electrons. The smallest absolute Gasteiger partial charge is 0.322 e. The standard InChI is InChI=1S/C8H16ClNO2.ClH/c1-12-8(11)7(10)5-3-2-4-6-9;/h7H,2-6,10H2,1H3;1H. The van der Waals surface area contributed by atoms with Gasteiger partial charge in [0, 0.05) is 5.88 Å². The van der Waals surface area contributed by atoms with Crippen molar-refractivity contribution in [2.75, 3.05) is 13.0 Å². The molecular weight excluding hydrogens is 213 g/mol. The van der Waals surface area contributed by atoms with Gasteiger partial charge >= 0.3 is 5.97 Å². The molecule has 0 aliphatic rings. The Bertz CT molecular complexity index is 133. The molecule has 0 saturated carbocycles. The summed E-state index contributed by atoms with van der Waals surface area (Å²) in [6, 6.07) is -0.467. The van der Waals surface area contributed by atoms with E-state index in [-0.39, 0.29) is 18.4 Å². The number of rotatable bonds is 6.